The van der Waals surface area contributed by atoms with Gasteiger partial charge >= 0.3 is 6.16 Å². The van der Waals surface area contributed by atoms with Crippen LogP contribution < -0.4 is 9.64 Å². The maximum Gasteiger partial charge on any atom is 0.511 e. The van der Waals surface area contributed by atoms with Gasteiger partial charge < -0.3 is 29.7 Å². The quantitative estimate of drug-likeness (QED) is 0.156. The summed E-state index contributed by atoms with van der Waals surface area (Å²) in [6, 6.07) is 21.5. The summed E-state index contributed by atoms with van der Waals surface area (Å²) in [6.45, 7) is 3.15. The molecular formula is C29H30N4O5. The van der Waals surface area contributed by atoms with Gasteiger partial charge in [-0.05, 0) is 56.6 Å². The molecule has 0 saturated carbocycles. The number of hydrogen-bond acceptors (Lipinski definition) is 6. The number of nitrogens with zero attached hydrogens (tertiary/aromatic N) is 3. The number of H-pyrrole nitrogens is 1. The molecule has 0 aliphatic heterocycles. The second-order valence-electron chi connectivity index (χ2n) is 8.97. The van der Waals surface area contributed by atoms with Crippen LogP contribution in [0.3, 0.4) is 0 Å². The van der Waals surface area contributed by atoms with Crippen LogP contribution in [0.4, 0.5) is 16.2 Å². The van der Waals surface area contributed by atoms with E-state index in [-0.39, 0.29) is 17.5 Å². The number of aromatic nitrogens is 1. The number of carboxylic acid groups (broad SMARTS) is 1. The number of likely N-dealkylation sites (N-methyl/N-ethyl adjacent to an activating group) is 1. The van der Waals surface area contributed by atoms with E-state index in [9.17, 15) is 14.7 Å². The molecule has 4 rings (SSSR count). The van der Waals surface area contributed by atoms with E-state index in [4.69, 9.17) is 14.8 Å². The fourth-order valence-electron chi connectivity index (χ4n) is 4.15. The van der Waals surface area contributed by atoms with Crippen molar-refractivity contribution >= 4 is 40.1 Å². The van der Waals surface area contributed by atoms with Crippen LogP contribution in [0.1, 0.15) is 24.5 Å². The molecule has 0 radical (unpaired) electrons. The normalized spacial score (nSPS) is 11.6. The molecule has 0 fully saturated rings. The average Bonchev–Trinajstić information content (AvgIpc) is 3.22. The van der Waals surface area contributed by atoms with E-state index in [0.29, 0.717) is 40.8 Å². The summed E-state index contributed by atoms with van der Waals surface area (Å²) < 4.78 is 4.84. The molecule has 0 unspecified atom stereocenters. The van der Waals surface area contributed by atoms with E-state index < -0.39 is 6.16 Å². The van der Waals surface area contributed by atoms with Crippen LogP contribution in [0.15, 0.2) is 77.8 Å². The highest BCUT2D eigenvalue weighted by atomic mass is 16.7. The summed E-state index contributed by atoms with van der Waals surface area (Å²) in [7, 11) is 3.93. The van der Waals surface area contributed by atoms with Crippen molar-refractivity contribution in [3.63, 3.8) is 0 Å². The molecule has 0 aliphatic rings. The smallest absolute Gasteiger partial charge is 0.494 e. The Labute approximate surface area is 220 Å². The van der Waals surface area contributed by atoms with Crippen molar-refractivity contribution in [2.24, 2.45) is 4.99 Å². The Kier molecular flexibility index (Phi) is 8.08. The Hall–Kier alpha value is -4.63. The molecule has 4 aromatic rings. The van der Waals surface area contributed by atoms with E-state index in [1.807, 2.05) is 80.5 Å². The molecule has 0 aliphatic carbocycles. The van der Waals surface area contributed by atoms with Crippen LogP contribution in [0.5, 0.6) is 11.6 Å². The molecule has 9 nitrogen and oxygen atoms in total. The Morgan fingerprint density at radius 1 is 0.974 bits per heavy atom. The Morgan fingerprint density at radius 2 is 1.68 bits per heavy atom. The van der Waals surface area contributed by atoms with Crippen molar-refractivity contribution in [2.45, 2.75) is 13.3 Å². The number of anilines is 1. The van der Waals surface area contributed by atoms with Crippen LogP contribution in [-0.2, 0) is 4.79 Å². The maximum absolute atomic E-state index is 12.6. The summed E-state index contributed by atoms with van der Waals surface area (Å²) in [4.78, 5) is 35.3. The van der Waals surface area contributed by atoms with Crippen LogP contribution in [0.25, 0.3) is 10.9 Å². The van der Waals surface area contributed by atoms with Crippen LogP contribution >= 0.6 is 0 Å². The molecular weight excluding hydrogens is 484 g/mol. The van der Waals surface area contributed by atoms with Crippen LogP contribution in [0.2, 0.25) is 0 Å². The Balaban J connectivity index is 1.79. The van der Waals surface area contributed by atoms with Crippen molar-refractivity contribution in [3.05, 3.63) is 83.9 Å². The van der Waals surface area contributed by atoms with Gasteiger partial charge in [0, 0.05) is 41.7 Å². The van der Waals surface area contributed by atoms with Gasteiger partial charge in [-0.1, -0.05) is 37.3 Å². The number of aromatic amines is 1. The highest BCUT2D eigenvalue weighted by molar-refractivity contribution is 6.22. The van der Waals surface area contributed by atoms with Crippen molar-refractivity contribution in [3.8, 4) is 11.6 Å². The van der Waals surface area contributed by atoms with Gasteiger partial charge in [-0.25, -0.2) is 9.79 Å². The average molecular weight is 515 g/mol. The fourth-order valence-corrected chi connectivity index (χ4v) is 4.15. The lowest BCUT2D eigenvalue weighted by molar-refractivity contribution is -0.118. The van der Waals surface area contributed by atoms with Gasteiger partial charge in [-0.2, -0.15) is 0 Å². The summed E-state index contributed by atoms with van der Waals surface area (Å²) in [5.41, 5.74) is 3.67. The van der Waals surface area contributed by atoms with Gasteiger partial charge in [-0.15, -0.1) is 0 Å². The maximum atomic E-state index is 12.6. The second kappa shape index (κ2) is 11.6. The number of aromatic hydroxyl groups is 1. The number of benzene rings is 3. The minimum absolute atomic E-state index is 0.0381. The van der Waals surface area contributed by atoms with Crippen LogP contribution in [-0.4, -0.2) is 65.1 Å². The topological polar surface area (TPSA) is 118 Å². The van der Waals surface area contributed by atoms with Gasteiger partial charge in [0.1, 0.15) is 5.75 Å². The number of amides is 1. The first-order valence-corrected chi connectivity index (χ1v) is 12.2. The number of hydrogen-bond donors (Lipinski definition) is 3. The van der Waals surface area contributed by atoms with Crippen molar-refractivity contribution in [1.82, 2.24) is 9.88 Å². The van der Waals surface area contributed by atoms with E-state index in [1.165, 1.54) is 6.07 Å². The molecule has 3 aromatic carbocycles. The predicted molar refractivity (Wildman–Crippen MR) is 148 cm³/mol. The Bertz CT molecular complexity index is 1460. The van der Waals surface area contributed by atoms with Gasteiger partial charge in [-0.3, -0.25) is 4.79 Å². The second-order valence-corrected chi connectivity index (χ2v) is 8.97. The van der Waals surface area contributed by atoms with E-state index in [2.05, 4.69) is 4.98 Å². The molecule has 0 atom stereocenters. The lowest BCUT2D eigenvalue weighted by atomic mass is 10.0. The first-order chi connectivity index (χ1) is 18.3. The summed E-state index contributed by atoms with van der Waals surface area (Å²) in [6.07, 6.45) is -1.03. The van der Waals surface area contributed by atoms with Crippen LogP contribution in [0, 0.1) is 0 Å². The zero-order valence-electron chi connectivity index (χ0n) is 21.5. The molecule has 1 aromatic heterocycles. The lowest BCUT2D eigenvalue weighted by Crippen LogP contribution is -2.36. The Morgan fingerprint density at radius 3 is 2.32 bits per heavy atom. The fraction of sp³-hybridized carbons (Fsp3) is 0.207. The summed E-state index contributed by atoms with van der Waals surface area (Å²) >= 11 is 0. The molecule has 1 heterocycles. The van der Waals surface area contributed by atoms with Crippen molar-refractivity contribution in [1.29, 1.82) is 0 Å². The number of rotatable bonds is 9. The number of fused-ring (bicyclic) bond motifs is 1. The standard InChI is InChI=1S/C29H30N4O5/c1-4-25(34)33(17-16-32(2)3)21-12-10-20(11-13-21)30-27(19-8-6-5-7-9-19)26-23-18-22(38-29(36)37)14-15-24(23)31-28(26)35/h5-15,18,31,35H,4,16-17H2,1-3H3,(H,36,37). The number of ether oxygens (including phenoxy) is 1. The minimum Gasteiger partial charge on any atom is -0.494 e. The van der Waals surface area contributed by atoms with E-state index in [0.717, 1.165) is 17.8 Å². The molecule has 0 saturated heterocycles. The van der Waals surface area contributed by atoms with Crippen molar-refractivity contribution < 1.29 is 24.5 Å². The molecule has 3 N–H and O–H groups in total. The number of nitrogens with one attached hydrogen (secondary N) is 1. The van der Waals surface area contributed by atoms with Crippen molar-refractivity contribution in [2.75, 3.05) is 32.1 Å². The zero-order valence-corrected chi connectivity index (χ0v) is 21.5. The highest BCUT2D eigenvalue weighted by Crippen LogP contribution is 2.34. The lowest BCUT2D eigenvalue weighted by Gasteiger charge is -2.24. The summed E-state index contributed by atoms with van der Waals surface area (Å²) in [5, 5.41) is 20.5. The van der Waals surface area contributed by atoms with Gasteiger partial charge in [0.2, 0.25) is 5.91 Å². The van der Waals surface area contributed by atoms with E-state index in [1.54, 1.807) is 17.0 Å². The molecule has 1 amide bonds. The highest BCUT2D eigenvalue weighted by Gasteiger charge is 2.20. The number of carbonyl (C=O) groups is 2. The third-order valence-corrected chi connectivity index (χ3v) is 6.02. The molecule has 0 bridgehead atoms. The van der Waals surface area contributed by atoms with E-state index >= 15 is 0 Å². The van der Waals surface area contributed by atoms with Gasteiger partial charge in [0.25, 0.3) is 0 Å². The minimum atomic E-state index is -1.43. The molecule has 9 heteroatoms. The zero-order chi connectivity index (χ0) is 27.2. The SMILES string of the molecule is CCC(=O)N(CCN(C)C)c1ccc(N=C(c2ccccc2)c2c(O)[nH]c3ccc(OC(=O)O)cc23)cc1. The number of carbonyl (C=O) groups excluding carboxylic acids is 1. The van der Waals surface area contributed by atoms with Gasteiger partial charge in [0.15, 0.2) is 5.88 Å². The molecule has 0 spiro atoms. The predicted octanol–water partition coefficient (Wildman–Crippen LogP) is 5.40. The monoisotopic (exact) mass is 514 g/mol. The third-order valence-electron chi connectivity index (χ3n) is 6.02. The largest absolute Gasteiger partial charge is 0.511 e. The number of aliphatic imine (C=N–C) groups is 1. The molecule has 38 heavy (non-hydrogen) atoms. The third kappa shape index (κ3) is 6.01. The first-order valence-electron chi connectivity index (χ1n) is 12.2. The summed E-state index contributed by atoms with van der Waals surface area (Å²) in [5.74, 6) is 0.0618. The first kappa shape index (κ1) is 26.4. The molecule has 196 valence electrons. The van der Waals surface area contributed by atoms with Gasteiger partial charge in [0.05, 0.1) is 17.0 Å².